The van der Waals surface area contributed by atoms with E-state index in [-0.39, 0.29) is 16.7 Å². The Morgan fingerprint density at radius 3 is 2.74 bits per heavy atom. The number of benzene rings is 1. The number of hydrogen-bond donors (Lipinski definition) is 2. The second kappa shape index (κ2) is 8.31. The smallest absolute Gasteiger partial charge is 0.251 e. The lowest BCUT2D eigenvalue weighted by Crippen LogP contribution is -2.23. The zero-order valence-corrected chi connectivity index (χ0v) is 15.3. The normalized spacial score (nSPS) is 12.0. The van der Waals surface area contributed by atoms with Gasteiger partial charge in [0.1, 0.15) is 0 Å². The number of aromatic amines is 1. The van der Waals surface area contributed by atoms with E-state index >= 15 is 0 Å². The monoisotopic (exact) mass is 395 g/mol. The highest BCUT2D eigenvalue weighted by molar-refractivity contribution is 9.10. The van der Waals surface area contributed by atoms with Gasteiger partial charge in [-0.1, -0.05) is 41.0 Å². The zero-order chi connectivity index (χ0) is 16.8. The molecule has 0 aliphatic carbocycles. The Hall–Kier alpha value is -1.60. The molecule has 7 heteroatoms. The van der Waals surface area contributed by atoms with E-state index in [0.29, 0.717) is 5.16 Å². The number of carbonyl (C=O) groups excluding carboxylic acids is 1. The largest absolute Gasteiger partial charge is 0.325 e. The molecule has 122 valence electrons. The number of amides is 1. The van der Waals surface area contributed by atoms with E-state index in [1.807, 2.05) is 31.2 Å². The highest BCUT2D eigenvalue weighted by Crippen LogP contribution is 2.21. The number of carbonyl (C=O) groups is 1. The first-order valence-electron chi connectivity index (χ1n) is 7.31. The predicted octanol–water partition coefficient (Wildman–Crippen LogP) is 3.60. The molecule has 0 spiro atoms. The molecule has 0 saturated heterocycles. The minimum atomic E-state index is -0.376. The Morgan fingerprint density at radius 1 is 1.39 bits per heavy atom. The minimum absolute atomic E-state index is 0.138. The molecule has 0 aliphatic heterocycles. The summed E-state index contributed by atoms with van der Waals surface area (Å²) in [5.41, 5.74) is 1.29. The van der Waals surface area contributed by atoms with E-state index in [0.717, 1.165) is 28.7 Å². The quantitative estimate of drug-likeness (QED) is 0.578. The van der Waals surface area contributed by atoms with Crippen LogP contribution >= 0.6 is 27.7 Å². The van der Waals surface area contributed by atoms with Crippen molar-refractivity contribution in [2.24, 2.45) is 0 Å². The maximum absolute atomic E-state index is 12.2. The molecule has 2 rings (SSSR count). The third kappa shape index (κ3) is 5.51. The fraction of sp³-hybridized carbons (Fsp3) is 0.312. The first kappa shape index (κ1) is 17.7. The molecule has 1 atom stereocenters. The van der Waals surface area contributed by atoms with Crippen LogP contribution in [0.15, 0.2) is 44.8 Å². The summed E-state index contributed by atoms with van der Waals surface area (Å²) in [6.07, 6.45) is 1.66. The van der Waals surface area contributed by atoms with E-state index in [9.17, 15) is 9.59 Å². The van der Waals surface area contributed by atoms with Crippen LogP contribution in [0.5, 0.6) is 0 Å². The van der Waals surface area contributed by atoms with Gasteiger partial charge in [-0.25, -0.2) is 4.98 Å². The molecule has 0 fully saturated rings. The van der Waals surface area contributed by atoms with Gasteiger partial charge in [0.15, 0.2) is 5.16 Å². The third-order valence-electron chi connectivity index (χ3n) is 3.05. The number of anilines is 1. The van der Waals surface area contributed by atoms with Crippen LogP contribution < -0.4 is 10.9 Å². The first-order chi connectivity index (χ1) is 11.0. The van der Waals surface area contributed by atoms with Gasteiger partial charge in [0.2, 0.25) is 5.91 Å². The van der Waals surface area contributed by atoms with Gasteiger partial charge in [-0.15, -0.1) is 0 Å². The molecule has 1 aromatic carbocycles. The van der Waals surface area contributed by atoms with Crippen molar-refractivity contribution in [2.45, 2.75) is 37.1 Å². The Balaban J connectivity index is 2.03. The molecule has 0 bridgehead atoms. The van der Waals surface area contributed by atoms with Crippen molar-refractivity contribution in [1.29, 1.82) is 0 Å². The van der Waals surface area contributed by atoms with Crippen LogP contribution in [-0.2, 0) is 11.2 Å². The van der Waals surface area contributed by atoms with E-state index < -0.39 is 0 Å². The van der Waals surface area contributed by atoms with Gasteiger partial charge in [-0.05, 0) is 37.6 Å². The maximum Gasteiger partial charge on any atom is 0.251 e. The van der Waals surface area contributed by atoms with Gasteiger partial charge < -0.3 is 10.3 Å². The van der Waals surface area contributed by atoms with Crippen molar-refractivity contribution in [2.75, 3.05) is 5.32 Å². The van der Waals surface area contributed by atoms with Crippen LogP contribution in [0.4, 0.5) is 5.69 Å². The van der Waals surface area contributed by atoms with Crippen molar-refractivity contribution in [1.82, 2.24) is 9.97 Å². The first-order valence-corrected chi connectivity index (χ1v) is 8.98. The summed E-state index contributed by atoms with van der Waals surface area (Å²) in [4.78, 5) is 30.9. The average molecular weight is 396 g/mol. The second-order valence-corrected chi connectivity index (χ2v) is 7.29. The number of aryl methyl sites for hydroxylation is 1. The van der Waals surface area contributed by atoms with Crippen LogP contribution in [0.2, 0.25) is 0 Å². The lowest BCUT2D eigenvalue weighted by atomic mass is 10.2. The van der Waals surface area contributed by atoms with Gasteiger partial charge in [0.25, 0.3) is 5.56 Å². The highest BCUT2D eigenvalue weighted by Gasteiger charge is 2.16. The van der Waals surface area contributed by atoms with Gasteiger partial charge >= 0.3 is 0 Å². The Morgan fingerprint density at radius 2 is 2.09 bits per heavy atom. The van der Waals surface area contributed by atoms with Crippen LogP contribution in [0, 0.1) is 0 Å². The summed E-state index contributed by atoms with van der Waals surface area (Å²) in [6.45, 7) is 3.81. The molecule has 5 nitrogen and oxygen atoms in total. The molecular weight excluding hydrogens is 378 g/mol. The Labute approximate surface area is 147 Å². The highest BCUT2D eigenvalue weighted by atomic mass is 79.9. The number of halogens is 1. The van der Waals surface area contributed by atoms with Gasteiger partial charge in [-0.3, -0.25) is 9.59 Å². The van der Waals surface area contributed by atoms with Gasteiger partial charge in [0, 0.05) is 21.9 Å². The molecule has 1 heterocycles. The van der Waals surface area contributed by atoms with Gasteiger partial charge in [-0.2, -0.15) is 0 Å². The van der Waals surface area contributed by atoms with E-state index in [4.69, 9.17) is 0 Å². The maximum atomic E-state index is 12.2. The van der Waals surface area contributed by atoms with Crippen LogP contribution in [0.25, 0.3) is 0 Å². The summed E-state index contributed by atoms with van der Waals surface area (Å²) >= 11 is 4.59. The van der Waals surface area contributed by atoms with Gasteiger partial charge in [0.05, 0.1) is 5.25 Å². The average Bonchev–Trinajstić information content (AvgIpc) is 2.49. The minimum Gasteiger partial charge on any atom is -0.325 e. The summed E-state index contributed by atoms with van der Waals surface area (Å²) in [5.74, 6) is -0.138. The van der Waals surface area contributed by atoms with Crippen LogP contribution in [0.3, 0.4) is 0 Å². The lowest BCUT2D eigenvalue weighted by Gasteiger charge is -2.12. The standard InChI is InChI=1S/C16H18BrN3O2S/c1-3-4-13-9-14(21)20-16(19-13)23-10(2)15(22)18-12-7-5-11(17)6-8-12/h5-10H,3-4H2,1-2H3,(H,18,22)(H,19,20,21)/t10-/m0/s1. The van der Waals surface area contributed by atoms with E-state index in [1.54, 1.807) is 6.92 Å². The molecule has 23 heavy (non-hydrogen) atoms. The molecule has 1 amide bonds. The van der Waals surface area contributed by atoms with E-state index in [1.165, 1.54) is 17.8 Å². The number of thioether (sulfide) groups is 1. The predicted molar refractivity (Wildman–Crippen MR) is 96.9 cm³/mol. The molecule has 0 radical (unpaired) electrons. The molecule has 1 aromatic heterocycles. The van der Waals surface area contributed by atoms with Crippen LogP contribution in [0.1, 0.15) is 26.0 Å². The molecule has 0 aliphatic rings. The fourth-order valence-electron chi connectivity index (χ4n) is 1.92. The van der Waals surface area contributed by atoms with Crippen molar-refractivity contribution in [3.63, 3.8) is 0 Å². The zero-order valence-electron chi connectivity index (χ0n) is 12.9. The number of aromatic nitrogens is 2. The lowest BCUT2D eigenvalue weighted by molar-refractivity contribution is -0.115. The SMILES string of the molecule is CCCc1cc(=O)[nH]c(S[C@@H](C)C(=O)Nc2ccc(Br)cc2)n1. The topological polar surface area (TPSA) is 74.8 Å². The Kier molecular flexibility index (Phi) is 6.41. The summed E-state index contributed by atoms with van der Waals surface area (Å²) in [5, 5.41) is 2.94. The molecule has 2 aromatic rings. The molecule has 0 saturated carbocycles. The Bertz CT molecular complexity index is 731. The molecule has 0 unspecified atom stereocenters. The van der Waals surface area contributed by atoms with Crippen LogP contribution in [-0.4, -0.2) is 21.1 Å². The summed E-state index contributed by atoms with van der Waals surface area (Å²) < 4.78 is 0.951. The number of nitrogens with one attached hydrogen (secondary N) is 2. The third-order valence-corrected chi connectivity index (χ3v) is 4.56. The summed E-state index contributed by atoms with van der Waals surface area (Å²) in [6, 6.07) is 8.87. The number of rotatable bonds is 6. The van der Waals surface area contributed by atoms with E-state index in [2.05, 4.69) is 31.2 Å². The van der Waals surface area contributed by atoms with Crippen molar-refractivity contribution >= 4 is 39.3 Å². The van der Waals surface area contributed by atoms with Crippen molar-refractivity contribution < 1.29 is 4.79 Å². The number of hydrogen-bond acceptors (Lipinski definition) is 4. The number of H-pyrrole nitrogens is 1. The second-order valence-electron chi connectivity index (χ2n) is 5.05. The molecular formula is C16H18BrN3O2S. The summed E-state index contributed by atoms with van der Waals surface area (Å²) in [7, 11) is 0. The molecule has 2 N–H and O–H groups in total. The van der Waals surface area contributed by atoms with Crippen molar-refractivity contribution in [3.05, 3.63) is 50.9 Å². The fourth-order valence-corrected chi connectivity index (χ4v) is 3.02. The number of nitrogens with zero attached hydrogens (tertiary/aromatic N) is 1. The van der Waals surface area contributed by atoms with Crippen molar-refractivity contribution in [3.8, 4) is 0 Å².